The van der Waals surface area contributed by atoms with Crippen LogP contribution in [-0.4, -0.2) is 49.6 Å². The number of rotatable bonds is 3. The predicted octanol–water partition coefficient (Wildman–Crippen LogP) is 2.19. The minimum Gasteiger partial charge on any atom is -0.484 e. The molecule has 1 aromatic carbocycles. The number of ketones is 1. The molecule has 0 radical (unpaired) electrons. The number of aliphatic imine (C=N–C) groups is 1. The molecule has 1 aromatic rings. The van der Waals surface area contributed by atoms with Gasteiger partial charge >= 0.3 is 7.12 Å². The van der Waals surface area contributed by atoms with Crippen LogP contribution in [0.4, 0.5) is 5.69 Å². The fourth-order valence-corrected chi connectivity index (χ4v) is 3.11. The molecule has 1 saturated heterocycles. The Hall–Kier alpha value is -1.86. The van der Waals surface area contributed by atoms with E-state index in [-0.39, 0.29) is 11.8 Å². The molecule has 1 fully saturated rings. The van der Waals surface area contributed by atoms with Gasteiger partial charge in [0.2, 0.25) is 0 Å². The fraction of sp³-hybridized carbons (Fsp3) is 0.579. The Balaban J connectivity index is 2.02. The SMILES string of the molecule is CN=C1COc2ccc(B3OC(C)(C)C(C)(C)O3)cc2N1[C@H](C)C(C)=O. The summed E-state index contributed by atoms with van der Waals surface area (Å²) < 4.78 is 18.1. The van der Waals surface area contributed by atoms with Crippen LogP contribution in [0.1, 0.15) is 41.5 Å². The highest BCUT2D eigenvalue weighted by molar-refractivity contribution is 6.62. The zero-order chi connectivity index (χ0) is 19.3. The first-order chi connectivity index (χ1) is 12.1. The molecule has 0 aromatic heterocycles. The summed E-state index contributed by atoms with van der Waals surface area (Å²) in [6.45, 7) is 11.9. The second-order valence-corrected chi connectivity index (χ2v) is 7.90. The molecule has 0 aliphatic carbocycles. The van der Waals surface area contributed by atoms with Crippen molar-refractivity contribution in [2.75, 3.05) is 18.6 Å². The maximum absolute atomic E-state index is 12.0. The summed E-state index contributed by atoms with van der Waals surface area (Å²) in [7, 11) is 1.24. The Kier molecular flexibility index (Phi) is 4.65. The molecule has 3 rings (SSSR count). The summed E-state index contributed by atoms with van der Waals surface area (Å²) in [5, 5.41) is 0. The number of amidine groups is 1. The average molecular weight is 358 g/mol. The largest absolute Gasteiger partial charge is 0.494 e. The first-order valence-corrected chi connectivity index (χ1v) is 8.95. The van der Waals surface area contributed by atoms with Crippen molar-refractivity contribution in [3.63, 3.8) is 0 Å². The third kappa shape index (κ3) is 3.03. The van der Waals surface area contributed by atoms with E-state index in [9.17, 15) is 4.79 Å². The summed E-state index contributed by atoms with van der Waals surface area (Å²) >= 11 is 0. The molecule has 26 heavy (non-hydrogen) atoms. The molecule has 0 unspecified atom stereocenters. The molecule has 0 amide bonds. The van der Waals surface area contributed by atoms with Crippen molar-refractivity contribution in [1.29, 1.82) is 0 Å². The van der Waals surface area contributed by atoms with E-state index in [1.165, 1.54) is 0 Å². The van der Waals surface area contributed by atoms with E-state index in [1.54, 1.807) is 14.0 Å². The van der Waals surface area contributed by atoms with Crippen LogP contribution in [0.3, 0.4) is 0 Å². The van der Waals surface area contributed by atoms with Gasteiger partial charge in [-0.05, 0) is 59.1 Å². The van der Waals surface area contributed by atoms with Gasteiger partial charge in [0.25, 0.3) is 0 Å². The zero-order valence-corrected chi connectivity index (χ0v) is 16.6. The zero-order valence-electron chi connectivity index (χ0n) is 16.6. The fourth-order valence-electron chi connectivity index (χ4n) is 3.11. The summed E-state index contributed by atoms with van der Waals surface area (Å²) in [5.74, 6) is 1.53. The molecule has 0 spiro atoms. The second-order valence-electron chi connectivity index (χ2n) is 7.90. The van der Waals surface area contributed by atoms with Gasteiger partial charge in [0.05, 0.1) is 22.9 Å². The number of carbonyl (C=O) groups is 1. The minimum absolute atomic E-state index is 0.0695. The van der Waals surface area contributed by atoms with Gasteiger partial charge < -0.3 is 18.9 Å². The first-order valence-electron chi connectivity index (χ1n) is 8.95. The summed E-state index contributed by atoms with van der Waals surface area (Å²) in [6.07, 6.45) is 0. The molecular formula is C19H27BN2O4. The molecule has 0 saturated carbocycles. The lowest BCUT2D eigenvalue weighted by atomic mass is 9.78. The van der Waals surface area contributed by atoms with Crippen molar-refractivity contribution in [2.45, 2.75) is 58.8 Å². The summed E-state index contributed by atoms with van der Waals surface area (Å²) in [4.78, 5) is 18.3. The molecule has 0 N–H and O–H groups in total. The van der Waals surface area contributed by atoms with Gasteiger partial charge in [0.1, 0.15) is 18.2 Å². The number of anilines is 1. The van der Waals surface area contributed by atoms with E-state index in [2.05, 4.69) is 4.99 Å². The number of ether oxygens (including phenoxy) is 1. The predicted molar refractivity (Wildman–Crippen MR) is 104 cm³/mol. The van der Waals surface area contributed by atoms with Crippen LogP contribution >= 0.6 is 0 Å². The molecular weight excluding hydrogens is 331 g/mol. The molecule has 6 nitrogen and oxygen atoms in total. The lowest BCUT2D eigenvalue weighted by Crippen LogP contribution is -2.48. The Bertz CT molecular complexity index is 744. The van der Waals surface area contributed by atoms with Crippen molar-refractivity contribution in [1.82, 2.24) is 0 Å². The van der Waals surface area contributed by atoms with Crippen LogP contribution in [0.25, 0.3) is 0 Å². The third-order valence-corrected chi connectivity index (χ3v) is 5.64. The standard InChI is InChI=1S/C19H27BN2O4/c1-12(13(2)23)22-15-10-14(8-9-16(15)24-11-17(22)21-7)20-25-18(3,4)19(5,6)26-20/h8-10,12H,11H2,1-7H3/t12-/m1/s1. The van der Waals surface area contributed by atoms with Gasteiger partial charge in [-0.25, -0.2) is 0 Å². The van der Waals surface area contributed by atoms with Crippen LogP contribution in [-0.2, 0) is 14.1 Å². The highest BCUT2D eigenvalue weighted by Crippen LogP contribution is 2.38. The molecule has 7 heteroatoms. The number of fused-ring (bicyclic) bond motifs is 1. The van der Waals surface area contributed by atoms with Crippen LogP contribution in [0.15, 0.2) is 23.2 Å². The number of hydrogen-bond acceptors (Lipinski definition) is 5. The van der Waals surface area contributed by atoms with Crippen molar-refractivity contribution >= 4 is 29.9 Å². The smallest absolute Gasteiger partial charge is 0.484 e. The maximum atomic E-state index is 12.0. The lowest BCUT2D eigenvalue weighted by Gasteiger charge is -2.36. The highest BCUT2D eigenvalue weighted by Gasteiger charge is 2.52. The van der Waals surface area contributed by atoms with E-state index >= 15 is 0 Å². The van der Waals surface area contributed by atoms with E-state index < -0.39 is 18.3 Å². The summed E-state index contributed by atoms with van der Waals surface area (Å²) in [5.41, 5.74) is 0.884. The molecule has 1 atom stereocenters. The Morgan fingerprint density at radius 1 is 1.23 bits per heavy atom. The van der Waals surface area contributed by atoms with Crippen LogP contribution < -0.4 is 15.1 Å². The molecule has 140 valence electrons. The monoisotopic (exact) mass is 358 g/mol. The van der Waals surface area contributed by atoms with Gasteiger partial charge in [-0.15, -0.1) is 0 Å². The van der Waals surface area contributed by atoms with Crippen LogP contribution in [0.2, 0.25) is 0 Å². The van der Waals surface area contributed by atoms with Crippen molar-refractivity contribution in [3.05, 3.63) is 18.2 Å². The average Bonchev–Trinajstić information content (AvgIpc) is 2.80. The Morgan fingerprint density at radius 2 is 1.85 bits per heavy atom. The number of nitrogens with zero attached hydrogens (tertiary/aromatic N) is 2. The van der Waals surface area contributed by atoms with Gasteiger partial charge in [-0.2, -0.15) is 0 Å². The maximum Gasteiger partial charge on any atom is 0.494 e. The normalized spacial score (nSPS) is 23.6. The van der Waals surface area contributed by atoms with E-state index in [0.29, 0.717) is 6.61 Å². The number of benzene rings is 1. The van der Waals surface area contributed by atoms with Crippen molar-refractivity contribution in [2.24, 2.45) is 4.99 Å². The van der Waals surface area contributed by atoms with Crippen molar-refractivity contribution in [3.8, 4) is 5.75 Å². The van der Waals surface area contributed by atoms with Crippen molar-refractivity contribution < 1.29 is 18.8 Å². The molecule has 2 aliphatic heterocycles. The third-order valence-electron chi connectivity index (χ3n) is 5.64. The second kappa shape index (κ2) is 6.39. The van der Waals surface area contributed by atoms with Crippen LogP contribution in [0.5, 0.6) is 5.75 Å². The molecule has 2 heterocycles. The molecule has 0 bridgehead atoms. The van der Waals surface area contributed by atoms with Gasteiger partial charge in [-0.3, -0.25) is 9.79 Å². The minimum atomic E-state index is -0.469. The van der Waals surface area contributed by atoms with Gasteiger partial charge in [0, 0.05) is 7.05 Å². The quantitative estimate of drug-likeness (QED) is 0.776. The Morgan fingerprint density at radius 3 is 2.38 bits per heavy atom. The molecule has 2 aliphatic rings. The number of hydrogen-bond donors (Lipinski definition) is 0. The number of Topliss-reactive ketones (excluding diaryl/α,β-unsaturated/α-hetero) is 1. The van der Waals surface area contributed by atoms with E-state index in [4.69, 9.17) is 14.0 Å². The van der Waals surface area contributed by atoms with Gasteiger partial charge in [0.15, 0.2) is 5.78 Å². The van der Waals surface area contributed by atoms with Gasteiger partial charge in [-0.1, -0.05) is 6.07 Å². The number of carbonyl (C=O) groups excluding carboxylic acids is 1. The van der Waals surface area contributed by atoms with Crippen LogP contribution in [0, 0.1) is 0 Å². The summed E-state index contributed by atoms with van der Waals surface area (Å²) in [6, 6.07) is 5.50. The lowest BCUT2D eigenvalue weighted by molar-refractivity contribution is -0.117. The van der Waals surface area contributed by atoms with E-state index in [1.807, 2.05) is 57.7 Å². The first kappa shape index (κ1) is 18.9. The van der Waals surface area contributed by atoms with E-state index in [0.717, 1.165) is 22.7 Å². The highest BCUT2D eigenvalue weighted by atomic mass is 16.7. The Labute approximate surface area is 155 Å². The topological polar surface area (TPSA) is 60.4 Å².